The summed E-state index contributed by atoms with van der Waals surface area (Å²) in [6.07, 6.45) is -4.48. The van der Waals surface area contributed by atoms with Gasteiger partial charge in [0.25, 0.3) is 0 Å². The van der Waals surface area contributed by atoms with Gasteiger partial charge in [0.15, 0.2) is 4.34 Å². The van der Waals surface area contributed by atoms with Gasteiger partial charge in [0.1, 0.15) is 0 Å². The third-order valence-electron chi connectivity index (χ3n) is 5.36. The highest BCUT2D eigenvalue weighted by Crippen LogP contribution is 2.36. The first-order valence-electron chi connectivity index (χ1n) is 10.3. The first-order valence-corrected chi connectivity index (χ1v) is 12.1. The average Bonchev–Trinajstić information content (AvgIpc) is 3.20. The lowest BCUT2D eigenvalue weighted by atomic mass is 10.1. The quantitative estimate of drug-likeness (QED) is 0.492. The van der Waals surface area contributed by atoms with Crippen LogP contribution in [0.5, 0.6) is 0 Å². The van der Waals surface area contributed by atoms with Crippen LogP contribution >= 0.6 is 23.1 Å². The number of aromatic nitrogens is 1. The van der Waals surface area contributed by atoms with Crippen LogP contribution in [0.4, 0.5) is 24.5 Å². The zero-order valence-electron chi connectivity index (χ0n) is 17.5. The molecular formula is C22H23F3N4OS2. The van der Waals surface area contributed by atoms with E-state index >= 15 is 0 Å². The van der Waals surface area contributed by atoms with Crippen LogP contribution < -0.4 is 10.2 Å². The molecule has 0 unspecified atom stereocenters. The molecule has 1 N–H and O–H groups in total. The molecule has 170 valence electrons. The van der Waals surface area contributed by atoms with Crippen LogP contribution in [0, 0.1) is 0 Å². The van der Waals surface area contributed by atoms with Crippen molar-refractivity contribution in [3.63, 3.8) is 0 Å². The second-order valence-electron chi connectivity index (χ2n) is 7.44. The average molecular weight is 481 g/mol. The number of para-hydroxylation sites is 1. The van der Waals surface area contributed by atoms with Crippen molar-refractivity contribution in [1.82, 2.24) is 9.88 Å². The highest BCUT2D eigenvalue weighted by atomic mass is 32.2. The van der Waals surface area contributed by atoms with Crippen LogP contribution in [-0.4, -0.2) is 54.3 Å². The zero-order chi connectivity index (χ0) is 22.7. The highest BCUT2D eigenvalue weighted by Gasteiger charge is 2.32. The number of thiazole rings is 1. The lowest BCUT2D eigenvalue weighted by molar-refractivity contribution is -0.137. The first-order chi connectivity index (χ1) is 15.3. The summed E-state index contributed by atoms with van der Waals surface area (Å²) in [4.78, 5) is 21.4. The number of benzene rings is 2. The SMILES string of the molecule is CCN1CCN(c2ccc(C(F)(F)F)cc2NC(=O)CSc2nc3ccccc3s2)CC1. The Morgan fingerprint density at radius 1 is 1.16 bits per heavy atom. The summed E-state index contributed by atoms with van der Waals surface area (Å²) in [5.41, 5.74) is 0.904. The normalized spacial score (nSPS) is 15.3. The molecule has 1 aromatic heterocycles. The molecular weight excluding hydrogens is 457 g/mol. The molecule has 1 saturated heterocycles. The summed E-state index contributed by atoms with van der Waals surface area (Å²) < 4.78 is 41.7. The number of halogens is 3. The number of likely N-dealkylation sites (N-methyl/N-ethyl adjacent to an activating group) is 1. The highest BCUT2D eigenvalue weighted by molar-refractivity contribution is 8.01. The third-order valence-corrected chi connectivity index (χ3v) is 7.54. The molecule has 3 aromatic rings. The molecule has 1 fully saturated rings. The van der Waals surface area contributed by atoms with Gasteiger partial charge in [0.05, 0.1) is 32.9 Å². The number of anilines is 2. The summed E-state index contributed by atoms with van der Waals surface area (Å²) in [7, 11) is 0. The number of carbonyl (C=O) groups is 1. The van der Waals surface area contributed by atoms with Crippen LogP contribution in [-0.2, 0) is 11.0 Å². The fraction of sp³-hybridized carbons (Fsp3) is 0.364. The number of hydrogen-bond donors (Lipinski definition) is 1. The lowest BCUT2D eigenvalue weighted by Gasteiger charge is -2.36. The number of fused-ring (bicyclic) bond motifs is 1. The molecule has 2 heterocycles. The molecule has 0 spiro atoms. The van der Waals surface area contributed by atoms with E-state index in [1.165, 1.54) is 29.2 Å². The number of amides is 1. The predicted molar refractivity (Wildman–Crippen MR) is 125 cm³/mol. The minimum atomic E-state index is -4.48. The molecule has 1 aliphatic rings. The molecule has 32 heavy (non-hydrogen) atoms. The van der Waals surface area contributed by atoms with Gasteiger partial charge in [-0.25, -0.2) is 4.98 Å². The number of rotatable bonds is 6. The van der Waals surface area contributed by atoms with Crippen molar-refractivity contribution in [2.45, 2.75) is 17.4 Å². The Hall–Kier alpha value is -2.30. The molecule has 1 amide bonds. The number of alkyl halides is 3. The van der Waals surface area contributed by atoms with E-state index in [1.807, 2.05) is 29.2 Å². The summed E-state index contributed by atoms with van der Waals surface area (Å²) in [6, 6.07) is 11.3. The van der Waals surface area contributed by atoms with Crippen molar-refractivity contribution in [3.8, 4) is 0 Å². The molecule has 4 rings (SSSR count). The monoisotopic (exact) mass is 480 g/mol. The van der Waals surface area contributed by atoms with Crippen LogP contribution in [0.3, 0.4) is 0 Å². The van der Waals surface area contributed by atoms with Gasteiger partial charge in [-0.15, -0.1) is 11.3 Å². The molecule has 0 radical (unpaired) electrons. The Labute approximate surface area is 192 Å². The molecule has 10 heteroatoms. The standard InChI is InChI=1S/C22H23F3N4OS2/c1-2-28-9-11-29(12-10-28)18-8-7-15(22(23,24)25)13-17(18)26-20(30)14-31-21-27-16-5-3-4-6-19(16)32-21/h3-8,13H,2,9-12,14H2,1H3,(H,26,30). The van der Waals surface area contributed by atoms with E-state index in [2.05, 4.69) is 22.1 Å². The van der Waals surface area contributed by atoms with Gasteiger partial charge in [-0.3, -0.25) is 4.79 Å². The largest absolute Gasteiger partial charge is 0.416 e. The van der Waals surface area contributed by atoms with E-state index in [1.54, 1.807) is 0 Å². The van der Waals surface area contributed by atoms with Gasteiger partial charge < -0.3 is 15.1 Å². The first kappa shape index (κ1) is 22.9. The third kappa shape index (κ3) is 5.36. The van der Waals surface area contributed by atoms with E-state index in [4.69, 9.17) is 0 Å². The Morgan fingerprint density at radius 2 is 1.91 bits per heavy atom. The van der Waals surface area contributed by atoms with Crippen molar-refractivity contribution in [3.05, 3.63) is 48.0 Å². The summed E-state index contributed by atoms with van der Waals surface area (Å²) in [6.45, 7) is 6.08. The zero-order valence-corrected chi connectivity index (χ0v) is 19.1. The van der Waals surface area contributed by atoms with Crippen LogP contribution in [0.2, 0.25) is 0 Å². The maximum atomic E-state index is 13.3. The summed E-state index contributed by atoms with van der Waals surface area (Å²) in [5, 5.41) is 2.71. The second kappa shape index (κ2) is 9.68. The Kier molecular flexibility index (Phi) is 6.92. The van der Waals surface area contributed by atoms with Crippen molar-refractivity contribution >= 4 is 50.6 Å². The predicted octanol–water partition coefficient (Wildman–Crippen LogP) is 5.19. The van der Waals surface area contributed by atoms with Crippen molar-refractivity contribution < 1.29 is 18.0 Å². The smallest absolute Gasteiger partial charge is 0.367 e. The van der Waals surface area contributed by atoms with E-state index < -0.39 is 11.7 Å². The Balaban J connectivity index is 1.49. The van der Waals surface area contributed by atoms with Crippen molar-refractivity contribution in [2.75, 3.05) is 48.7 Å². The molecule has 1 aliphatic heterocycles. The van der Waals surface area contributed by atoms with E-state index in [9.17, 15) is 18.0 Å². The fourth-order valence-electron chi connectivity index (χ4n) is 3.62. The van der Waals surface area contributed by atoms with Crippen LogP contribution in [0.25, 0.3) is 10.2 Å². The van der Waals surface area contributed by atoms with Crippen LogP contribution in [0.1, 0.15) is 12.5 Å². The number of piperazine rings is 1. The van der Waals surface area contributed by atoms with Gasteiger partial charge in [-0.05, 0) is 36.9 Å². The second-order valence-corrected chi connectivity index (χ2v) is 9.69. The summed E-state index contributed by atoms with van der Waals surface area (Å²) in [5.74, 6) is -0.291. The van der Waals surface area contributed by atoms with Gasteiger partial charge in [0, 0.05) is 26.2 Å². The number of carbonyl (C=O) groups excluding carboxylic acids is 1. The number of nitrogens with one attached hydrogen (secondary N) is 1. The number of nitrogens with zero attached hydrogens (tertiary/aromatic N) is 3. The molecule has 0 saturated carbocycles. The van der Waals surface area contributed by atoms with E-state index in [0.29, 0.717) is 18.8 Å². The lowest BCUT2D eigenvalue weighted by Crippen LogP contribution is -2.46. The molecule has 2 aromatic carbocycles. The maximum Gasteiger partial charge on any atom is 0.416 e. The van der Waals surface area contributed by atoms with Crippen molar-refractivity contribution in [2.24, 2.45) is 0 Å². The van der Waals surface area contributed by atoms with Crippen molar-refractivity contribution in [1.29, 1.82) is 0 Å². The number of thioether (sulfide) groups is 1. The molecule has 0 atom stereocenters. The fourth-order valence-corrected chi connectivity index (χ4v) is 5.49. The maximum absolute atomic E-state index is 13.3. The van der Waals surface area contributed by atoms with E-state index in [0.717, 1.165) is 46.3 Å². The Morgan fingerprint density at radius 3 is 2.59 bits per heavy atom. The number of hydrogen-bond acceptors (Lipinski definition) is 6. The molecule has 5 nitrogen and oxygen atoms in total. The minimum absolute atomic E-state index is 0.0686. The van der Waals surface area contributed by atoms with Crippen LogP contribution in [0.15, 0.2) is 46.8 Å². The molecule has 0 bridgehead atoms. The van der Waals surface area contributed by atoms with Gasteiger partial charge in [-0.1, -0.05) is 30.8 Å². The Bertz CT molecular complexity index is 1060. The van der Waals surface area contributed by atoms with Gasteiger partial charge >= 0.3 is 6.18 Å². The topological polar surface area (TPSA) is 48.5 Å². The van der Waals surface area contributed by atoms with Gasteiger partial charge in [0.2, 0.25) is 5.91 Å². The molecule has 0 aliphatic carbocycles. The summed E-state index contributed by atoms with van der Waals surface area (Å²) >= 11 is 2.77. The minimum Gasteiger partial charge on any atom is -0.367 e. The van der Waals surface area contributed by atoms with E-state index in [-0.39, 0.29) is 17.3 Å². The van der Waals surface area contributed by atoms with Gasteiger partial charge in [-0.2, -0.15) is 13.2 Å².